The van der Waals surface area contributed by atoms with Crippen molar-refractivity contribution in [3.05, 3.63) is 47.9 Å². The molecular formula is C16H22FN6O4P. The predicted molar refractivity (Wildman–Crippen MR) is 100 cm³/mol. The van der Waals surface area contributed by atoms with Gasteiger partial charge < -0.3 is 35.5 Å². The fourth-order valence-electron chi connectivity index (χ4n) is 2.59. The average Bonchev–Trinajstić information content (AvgIpc) is 3.07. The largest absolute Gasteiger partial charge is 0.370 e. The zero-order valence-electron chi connectivity index (χ0n) is 14.9. The highest BCUT2D eigenvalue weighted by molar-refractivity contribution is 7.52. The molecule has 152 valence electrons. The van der Waals surface area contributed by atoms with Crippen LogP contribution in [0.1, 0.15) is 17.4 Å². The van der Waals surface area contributed by atoms with E-state index in [0.29, 0.717) is 11.5 Å². The first-order chi connectivity index (χ1) is 13.4. The Morgan fingerprint density at radius 2 is 2.14 bits per heavy atom. The van der Waals surface area contributed by atoms with Gasteiger partial charge in [-0.3, -0.25) is 4.57 Å². The van der Waals surface area contributed by atoms with Crippen LogP contribution in [0.25, 0.3) is 0 Å². The van der Waals surface area contributed by atoms with Crippen molar-refractivity contribution in [1.29, 1.82) is 0 Å². The number of aromatic nitrogens is 2. The highest BCUT2D eigenvalue weighted by Crippen LogP contribution is 2.43. The molecular weight excluding hydrogens is 390 g/mol. The molecule has 2 aromatic rings. The summed E-state index contributed by atoms with van der Waals surface area (Å²) in [7, 11) is -4.05. The van der Waals surface area contributed by atoms with E-state index in [1.807, 2.05) is 6.07 Å². The van der Waals surface area contributed by atoms with Gasteiger partial charge in [-0.2, -0.15) is 4.99 Å². The third-order valence-corrected chi connectivity index (χ3v) is 4.99. The van der Waals surface area contributed by atoms with Gasteiger partial charge in [-0.05, 0) is 5.56 Å². The molecule has 3 atom stereocenters. The van der Waals surface area contributed by atoms with Crippen LogP contribution >= 0.6 is 7.60 Å². The fourth-order valence-corrected chi connectivity index (χ4v) is 3.42. The summed E-state index contributed by atoms with van der Waals surface area (Å²) >= 11 is 0. The Bertz CT molecular complexity index is 877. The van der Waals surface area contributed by atoms with Crippen LogP contribution in [-0.2, 0) is 27.0 Å². The number of alkyl halides is 1. The van der Waals surface area contributed by atoms with E-state index in [0.717, 1.165) is 5.56 Å². The van der Waals surface area contributed by atoms with Crippen LogP contribution in [0.5, 0.6) is 0 Å². The number of guanidine groups is 1. The zero-order chi connectivity index (χ0) is 20.1. The molecule has 0 spiro atoms. The van der Waals surface area contributed by atoms with E-state index >= 15 is 0 Å². The van der Waals surface area contributed by atoms with Gasteiger partial charge in [0, 0.05) is 0 Å². The van der Waals surface area contributed by atoms with E-state index in [2.05, 4.69) is 15.3 Å². The lowest BCUT2D eigenvalue weighted by atomic mass is 10.2. The summed E-state index contributed by atoms with van der Waals surface area (Å²) in [5.41, 5.74) is 12.7. The minimum atomic E-state index is -4.05. The number of nitrogens with zero attached hydrogens (tertiary/aromatic N) is 3. The van der Waals surface area contributed by atoms with E-state index in [9.17, 15) is 13.8 Å². The van der Waals surface area contributed by atoms with Crippen LogP contribution in [0.15, 0.2) is 41.7 Å². The summed E-state index contributed by atoms with van der Waals surface area (Å²) in [6.07, 6.45) is -0.827. The van der Waals surface area contributed by atoms with Crippen LogP contribution in [0.2, 0.25) is 0 Å². The Morgan fingerprint density at radius 1 is 1.39 bits per heavy atom. The topological polar surface area (TPSA) is 150 Å². The van der Waals surface area contributed by atoms with Gasteiger partial charge in [0.05, 0.1) is 19.5 Å². The Morgan fingerprint density at radius 3 is 2.86 bits per heavy atom. The first-order valence-electron chi connectivity index (χ1n) is 8.47. The number of nitrogens with one attached hydrogen (secondary N) is 1. The third kappa shape index (κ3) is 5.15. The molecule has 10 nitrogen and oxygen atoms in total. The monoisotopic (exact) mass is 412 g/mol. The number of hydrogen-bond donors (Lipinski definition) is 4. The summed E-state index contributed by atoms with van der Waals surface area (Å²) < 4.78 is 37.4. The first-order valence-corrected chi connectivity index (χ1v) is 10.2. The number of fused-ring (bicyclic) bond motifs is 1. The molecule has 2 heterocycles. The summed E-state index contributed by atoms with van der Waals surface area (Å²) in [6.45, 7) is -0.914. The molecule has 0 saturated carbocycles. The van der Waals surface area contributed by atoms with E-state index in [1.165, 1.54) is 10.9 Å². The molecule has 0 aliphatic carbocycles. The second-order valence-electron chi connectivity index (χ2n) is 6.19. The van der Waals surface area contributed by atoms with Crippen LogP contribution in [-0.4, -0.2) is 39.5 Å². The highest BCUT2D eigenvalue weighted by atomic mass is 31.2. The lowest BCUT2D eigenvalue weighted by Crippen LogP contribution is -2.41. The molecule has 0 amide bonds. The van der Waals surface area contributed by atoms with Crippen molar-refractivity contribution in [2.45, 2.75) is 25.4 Å². The smallest absolute Gasteiger partial charge is 0.353 e. The zero-order valence-corrected chi connectivity index (χ0v) is 15.8. The Labute approximate surface area is 160 Å². The first kappa shape index (κ1) is 20.4. The van der Waals surface area contributed by atoms with Gasteiger partial charge in [0.25, 0.3) is 0 Å². The molecule has 0 radical (unpaired) electrons. The van der Waals surface area contributed by atoms with Gasteiger partial charge >= 0.3 is 7.60 Å². The van der Waals surface area contributed by atoms with E-state index < -0.39 is 32.9 Å². The van der Waals surface area contributed by atoms with E-state index in [4.69, 9.17) is 20.7 Å². The van der Waals surface area contributed by atoms with Gasteiger partial charge in [0.1, 0.15) is 31.0 Å². The third-order valence-electron chi connectivity index (χ3n) is 3.98. The number of imidazole rings is 1. The molecule has 0 bridgehead atoms. The minimum Gasteiger partial charge on any atom is -0.370 e. The molecule has 1 aromatic heterocycles. The summed E-state index contributed by atoms with van der Waals surface area (Å²) in [6, 6.07) is 8.93. The number of aliphatic imine (C=N–C) groups is 1. The summed E-state index contributed by atoms with van der Waals surface area (Å²) in [4.78, 5) is 18.2. The molecule has 1 aromatic carbocycles. The van der Waals surface area contributed by atoms with Crippen LogP contribution in [0, 0.1) is 0 Å². The number of benzene rings is 1. The fraction of sp³-hybridized carbons (Fsp3) is 0.375. The van der Waals surface area contributed by atoms with Crippen molar-refractivity contribution in [2.24, 2.45) is 16.5 Å². The Hall–Kier alpha value is -2.30. The van der Waals surface area contributed by atoms with Crippen LogP contribution in [0.3, 0.4) is 0 Å². The van der Waals surface area contributed by atoms with Crippen molar-refractivity contribution >= 4 is 19.4 Å². The van der Waals surface area contributed by atoms with Gasteiger partial charge in [-0.15, -0.1) is 0 Å². The SMILES string of the molecule is NC1=Nc2c(ncn2CC(CF)OCP(=O)(O)OCc2ccccc2)C(N)N1. The Kier molecular flexibility index (Phi) is 6.42. The second-order valence-corrected chi connectivity index (χ2v) is 7.98. The normalized spacial score (nSPS) is 19.2. The van der Waals surface area contributed by atoms with Gasteiger partial charge in [-0.25, -0.2) is 9.37 Å². The maximum atomic E-state index is 13.4. The molecule has 3 unspecified atom stereocenters. The Balaban J connectivity index is 1.57. The number of hydrogen-bond acceptors (Lipinski definition) is 8. The van der Waals surface area contributed by atoms with Gasteiger partial charge in [0.15, 0.2) is 11.8 Å². The van der Waals surface area contributed by atoms with Crippen molar-refractivity contribution in [3.8, 4) is 0 Å². The number of nitrogens with two attached hydrogens (primary N) is 2. The van der Waals surface area contributed by atoms with Crippen molar-refractivity contribution in [3.63, 3.8) is 0 Å². The van der Waals surface area contributed by atoms with Crippen molar-refractivity contribution in [2.75, 3.05) is 13.0 Å². The van der Waals surface area contributed by atoms with Crippen LogP contribution in [0.4, 0.5) is 10.2 Å². The minimum absolute atomic E-state index is 0.0149. The molecule has 6 N–H and O–H groups in total. The standard InChI is InChI=1S/C16H22FN6O4P/c17-6-12(7-23-9-20-13-14(18)21-16(19)22-15(13)23)26-10-28(24,25)27-8-11-4-2-1-3-5-11/h1-5,9,12,14H,6-8,10,18H2,(H,24,25)(H3,19,21,22). The average molecular weight is 412 g/mol. The maximum Gasteiger partial charge on any atom is 0.353 e. The second kappa shape index (κ2) is 8.80. The summed E-state index contributed by atoms with van der Waals surface area (Å²) in [5.74, 6) is 0.506. The van der Waals surface area contributed by atoms with Gasteiger partial charge in [-0.1, -0.05) is 30.3 Å². The highest BCUT2D eigenvalue weighted by Gasteiger charge is 2.26. The lowest BCUT2D eigenvalue weighted by Gasteiger charge is -2.21. The molecule has 12 heteroatoms. The predicted octanol–water partition coefficient (Wildman–Crippen LogP) is 1.10. The lowest BCUT2D eigenvalue weighted by molar-refractivity contribution is 0.0405. The van der Waals surface area contributed by atoms with Crippen molar-refractivity contribution in [1.82, 2.24) is 14.9 Å². The van der Waals surface area contributed by atoms with Crippen molar-refractivity contribution < 1.29 is 23.1 Å². The number of halogens is 1. The molecule has 1 aliphatic heterocycles. The number of ether oxygens (including phenoxy) is 1. The van der Waals surface area contributed by atoms with Crippen LogP contribution < -0.4 is 16.8 Å². The van der Waals surface area contributed by atoms with E-state index in [-0.39, 0.29) is 19.1 Å². The summed E-state index contributed by atoms with van der Waals surface area (Å²) in [5, 5.41) is 2.73. The van der Waals surface area contributed by atoms with Gasteiger partial charge in [0.2, 0.25) is 0 Å². The van der Waals surface area contributed by atoms with E-state index in [1.54, 1.807) is 24.3 Å². The molecule has 3 rings (SSSR count). The molecule has 28 heavy (non-hydrogen) atoms. The maximum absolute atomic E-state index is 13.4. The molecule has 1 aliphatic rings. The number of rotatable bonds is 9. The molecule has 0 fully saturated rings. The molecule has 0 saturated heterocycles. The quantitative estimate of drug-likeness (QED) is 0.447.